The van der Waals surface area contributed by atoms with Crippen LogP contribution in [0.4, 0.5) is 5.69 Å². The van der Waals surface area contributed by atoms with Crippen molar-refractivity contribution in [3.8, 4) is 5.75 Å². The normalized spacial score (nSPS) is 15.1. The van der Waals surface area contributed by atoms with E-state index < -0.39 is 10.0 Å². The third kappa shape index (κ3) is 4.84. The number of rotatable bonds is 7. The first-order valence-corrected chi connectivity index (χ1v) is 13.1. The molecule has 2 aromatic heterocycles. The number of sulfonamides is 1. The first-order chi connectivity index (χ1) is 15.0. The van der Waals surface area contributed by atoms with Crippen molar-refractivity contribution in [1.82, 2.24) is 14.3 Å². The van der Waals surface area contributed by atoms with Gasteiger partial charge in [0.15, 0.2) is 0 Å². The van der Waals surface area contributed by atoms with Gasteiger partial charge in [-0.15, -0.1) is 11.3 Å². The number of carbonyl (C=O) groups excluding carboxylic acids is 1. The summed E-state index contributed by atoms with van der Waals surface area (Å²) in [4.78, 5) is 21.0. The number of carbonyl (C=O) groups is 1. The third-order valence-electron chi connectivity index (χ3n) is 4.93. The fraction of sp³-hybridized carbons (Fsp3) is 0.350. The number of thiophene rings is 1. The number of methoxy groups -OCH3 is 1. The number of thioether (sulfide) groups is 1. The van der Waals surface area contributed by atoms with Crippen LogP contribution in [0.25, 0.3) is 10.2 Å². The number of amides is 1. The van der Waals surface area contributed by atoms with Crippen molar-refractivity contribution in [2.45, 2.75) is 29.2 Å². The summed E-state index contributed by atoms with van der Waals surface area (Å²) in [6.07, 6.45) is 4.20. The SMILES string of the molecule is COc1ccc(NC(=O)CSc2ncnc3ccsc23)cc1S(=O)(=O)N1CCCCC1. The molecule has 1 aliphatic heterocycles. The van der Waals surface area contributed by atoms with Crippen molar-refractivity contribution in [2.24, 2.45) is 0 Å². The van der Waals surface area contributed by atoms with E-state index in [1.54, 1.807) is 12.1 Å². The molecule has 8 nitrogen and oxygen atoms in total. The number of hydrogen-bond donors (Lipinski definition) is 1. The van der Waals surface area contributed by atoms with Gasteiger partial charge in [-0.2, -0.15) is 4.31 Å². The van der Waals surface area contributed by atoms with Crippen molar-refractivity contribution in [2.75, 3.05) is 31.3 Å². The van der Waals surface area contributed by atoms with Gasteiger partial charge in [0.25, 0.3) is 0 Å². The van der Waals surface area contributed by atoms with Gasteiger partial charge in [-0.3, -0.25) is 4.79 Å². The molecule has 11 heteroatoms. The van der Waals surface area contributed by atoms with Gasteiger partial charge in [0.05, 0.1) is 23.1 Å². The Labute approximate surface area is 189 Å². The number of nitrogens with zero attached hydrogens (tertiary/aromatic N) is 3. The number of hydrogen-bond acceptors (Lipinski definition) is 8. The van der Waals surface area contributed by atoms with Crippen molar-refractivity contribution in [1.29, 1.82) is 0 Å². The highest BCUT2D eigenvalue weighted by atomic mass is 32.2. The lowest BCUT2D eigenvalue weighted by molar-refractivity contribution is -0.113. The predicted molar refractivity (Wildman–Crippen MR) is 122 cm³/mol. The van der Waals surface area contributed by atoms with E-state index in [0.29, 0.717) is 18.8 Å². The van der Waals surface area contributed by atoms with E-state index in [1.807, 2.05) is 11.4 Å². The summed E-state index contributed by atoms with van der Waals surface area (Å²) in [5, 5.41) is 5.47. The summed E-state index contributed by atoms with van der Waals surface area (Å²) < 4.78 is 34.0. The van der Waals surface area contributed by atoms with E-state index >= 15 is 0 Å². The lowest BCUT2D eigenvalue weighted by Crippen LogP contribution is -2.35. The average molecular weight is 479 g/mol. The smallest absolute Gasteiger partial charge is 0.246 e. The molecule has 3 heterocycles. The first kappa shape index (κ1) is 22.0. The van der Waals surface area contributed by atoms with E-state index in [4.69, 9.17) is 4.74 Å². The molecule has 0 aliphatic carbocycles. The highest BCUT2D eigenvalue weighted by Gasteiger charge is 2.29. The Morgan fingerprint density at radius 2 is 2.03 bits per heavy atom. The van der Waals surface area contributed by atoms with Gasteiger partial charge in [-0.1, -0.05) is 18.2 Å². The monoisotopic (exact) mass is 478 g/mol. The van der Waals surface area contributed by atoms with E-state index in [-0.39, 0.29) is 22.3 Å². The Balaban J connectivity index is 1.49. The molecule has 0 spiro atoms. The second-order valence-electron chi connectivity index (χ2n) is 6.98. The van der Waals surface area contributed by atoms with Gasteiger partial charge >= 0.3 is 0 Å². The van der Waals surface area contributed by atoms with Crippen molar-refractivity contribution in [3.63, 3.8) is 0 Å². The Hall–Kier alpha value is -2.21. The maximum absolute atomic E-state index is 13.1. The first-order valence-electron chi connectivity index (χ1n) is 9.78. The van der Waals surface area contributed by atoms with Gasteiger partial charge < -0.3 is 10.1 Å². The van der Waals surface area contributed by atoms with Crippen molar-refractivity contribution < 1.29 is 17.9 Å². The van der Waals surface area contributed by atoms with Gasteiger partial charge in [-0.05, 0) is 42.5 Å². The summed E-state index contributed by atoms with van der Waals surface area (Å²) >= 11 is 2.85. The summed E-state index contributed by atoms with van der Waals surface area (Å²) in [5.74, 6) is 0.156. The molecule has 31 heavy (non-hydrogen) atoms. The number of anilines is 1. The minimum absolute atomic E-state index is 0.0680. The van der Waals surface area contributed by atoms with E-state index in [2.05, 4.69) is 15.3 Å². The highest BCUT2D eigenvalue weighted by Crippen LogP contribution is 2.32. The summed E-state index contributed by atoms with van der Waals surface area (Å²) in [7, 11) is -2.26. The third-order valence-corrected chi connectivity index (χ3v) is 8.88. The maximum atomic E-state index is 13.1. The number of nitrogens with one attached hydrogen (secondary N) is 1. The minimum Gasteiger partial charge on any atom is -0.495 e. The summed E-state index contributed by atoms with van der Waals surface area (Å²) in [6, 6.07) is 6.58. The zero-order chi connectivity index (χ0) is 21.8. The van der Waals surface area contributed by atoms with Crippen molar-refractivity contribution in [3.05, 3.63) is 36.0 Å². The lowest BCUT2D eigenvalue weighted by Gasteiger charge is -2.26. The number of benzene rings is 1. The second-order valence-corrected chi connectivity index (χ2v) is 10.8. The number of ether oxygens (including phenoxy) is 1. The van der Waals surface area contributed by atoms with Crippen LogP contribution >= 0.6 is 23.1 Å². The molecule has 1 fully saturated rings. The molecule has 0 unspecified atom stereocenters. The number of aromatic nitrogens is 2. The van der Waals surface area contributed by atoms with Crippen LogP contribution in [0.3, 0.4) is 0 Å². The van der Waals surface area contributed by atoms with Crippen molar-refractivity contribution >= 4 is 54.9 Å². The van der Waals surface area contributed by atoms with Crippen LogP contribution < -0.4 is 10.1 Å². The maximum Gasteiger partial charge on any atom is 0.246 e. The van der Waals surface area contributed by atoms with Crippen LogP contribution in [0, 0.1) is 0 Å². The standard InChI is InChI=1S/C20H22N4O4S3/c1-28-16-6-5-14(11-17(16)31(26,27)24-8-3-2-4-9-24)23-18(25)12-30-20-19-15(7-10-29-19)21-13-22-20/h5-7,10-11,13H,2-4,8-9,12H2,1H3,(H,23,25). The van der Waals surface area contributed by atoms with Gasteiger partial charge in [0, 0.05) is 18.8 Å². The summed E-state index contributed by atoms with van der Waals surface area (Å²) in [5.41, 5.74) is 1.26. The molecule has 1 aliphatic rings. The molecule has 0 saturated carbocycles. The molecule has 1 N–H and O–H groups in total. The zero-order valence-electron chi connectivity index (χ0n) is 16.9. The molecule has 1 saturated heterocycles. The molecule has 164 valence electrons. The van der Waals surface area contributed by atoms with Crippen LogP contribution in [0.2, 0.25) is 0 Å². The molecule has 1 amide bonds. The molecule has 4 rings (SSSR count). The predicted octanol–water partition coefficient (Wildman–Crippen LogP) is 3.61. The number of fused-ring (bicyclic) bond motifs is 1. The Kier molecular flexibility index (Phi) is 6.75. The molecule has 1 aromatic carbocycles. The van der Waals surface area contributed by atoms with Crippen LogP contribution in [0.15, 0.2) is 45.9 Å². The second kappa shape index (κ2) is 9.51. The van der Waals surface area contributed by atoms with E-state index in [9.17, 15) is 13.2 Å². The highest BCUT2D eigenvalue weighted by molar-refractivity contribution is 8.00. The lowest BCUT2D eigenvalue weighted by atomic mass is 10.2. The van der Waals surface area contributed by atoms with Crippen LogP contribution in [-0.4, -0.2) is 54.6 Å². The largest absolute Gasteiger partial charge is 0.495 e. The topological polar surface area (TPSA) is 101 Å². The molecular weight excluding hydrogens is 456 g/mol. The van der Waals surface area contributed by atoms with Crippen LogP contribution in [0.1, 0.15) is 19.3 Å². The zero-order valence-corrected chi connectivity index (χ0v) is 19.4. The van der Waals surface area contributed by atoms with Gasteiger partial charge in [0.2, 0.25) is 15.9 Å². The Morgan fingerprint density at radius 3 is 2.81 bits per heavy atom. The van der Waals surface area contributed by atoms with E-state index in [1.165, 1.54) is 46.9 Å². The molecule has 0 bridgehead atoms. The fourth-order valence-electron chi connectivity index (χ4n) is 3.40. The molecule has 0 atom stereocenters. The Bertz CT molecular complexity index is 1190. The van der Waals surface area contributed by atoms with Crippen LogP contribution in [0.5, 0.6) is 5.75 Å². The molecular formula is C20H22N4O4S3. The fourth-order valence-corrected chi connectivity index (χ4v) is 6.85. The Morgan fingerprint density at radius 1 is 1.23 bits per heavy atom. The average Bonchev–Trinajstić information content (AvgIpc) is 3.28. The quantitative estimate of drug-likeness (QED) is 0.409. The minimum atomic E-state index is -3.70. The van der Waals surface area contributed by atoms with Gasteiger partial charge in [0.1, 0.15) is 22.0 Å². The molecule has 0 radical (unpaired) electrons. The molecule has 3 aromatic rings. The van der Waals surface area contributed by atoms with Gasteiger partial charge in [-0.25, -0.2) is 18.4 Å². The van der Waals surface area contributed by atoms with Crippen LogP contribution in [-0.2, 0) is 14.8 Å². The number of piperidine rings is 1. The summed E-state index contributed by atoms with van der Waals surface area (Å²) in [6.45, 7) is 0.990. The van der Waals surface area contributed by atoms with E-state index in [0.717, 1.165) is 34.5 Å².